The summed E-state index contributed by atoms with van der Waals surface area (Å²) < 4.78 is 0. The first-order valence-corrected chi connectivity index (χ1v) is 12.2. The smallest absolute Gasteiger partial charge is 0.0635 e. The Morgan fingerprint density at radius 3 is 2.06 bits per heavy atom. The van der Waals surface area contributed by atoms with Crippen molar-refractivity contribution >= 4 is 16.9 Å². The Balaban J connectivity index is 1.59. The Labute approximate surface area is 202 Å². The summed E-state index contributed by atoms with van der Waals surface area (Å²) in [7, 11) is 0. The van der Waals surface area contributed by atoms with E-state index in [0.717, 1.165) is 6.42 Å². The largest absolute Gasteiger partial charge is 0.333 e. The van der Waals surface area contributed by atoms with Gasteiger partial charge in [-0.25, -0.2) is 0 Å². The SMILES string of the molecule is CC1(C)C2=C(c3ccccc31)C(N(c1ccccc1)c1ccccc1-c1ccccc1)CC=C2. The molecule has 34 heavy (non-hydrogen) atoms. The van der Waals surface area contributed by atoms with Crippen molar-refractivity contribution in [3.05, 3.63) is 138 Å². The molecular weight excluding hydrogens is 410 g/mol. The van der Waals surface area contributed by atoms with Crippen LogP contribution in [0.5, 0.6) is 0 Å². The minimum absolute atomic E-state index is 0.00238. The maximum Gasteiger partial charge on any atom is 0.0635 e. The molecule has 0 N–H and O–H groups in total. The van der Waals surface area contributed by atoms with Gasteiger partial charge in [0.15, 0.2) is 0 Å². The van der Waals surface area contributed by atoms with E-state index in [-0.39, 0.29) is 11.5 Å². The second-order valence-electron chi connectivity index (χ2n) is 9.74. The number of hydrogen-bond donors (Lipinski definition) is 0. The van der Waals surface area contributed by atoms with Crippen LogP contribution in [0.3, 0.4) is 0 Å². The Bertz CT molecular complexity index is 1390. The molecule has 0 saturated heterocycles. The number of benzene rings is 4. The number of fused-ring (bicyclic) bond motifs is 2. The third-order valence-corrected chi connectivity index (χ3v) is 7.43. The van der Waals surface area contributed by atoms with E-state index < -0.39 is 0 Å². The molecule has 0 spiro atoms. The molecule has 2 aliphatic carbocycles. The van der Waals surface area contributed by atoms with Crippen LogP contribution >= 0.6 is 0 Å². The summed E-state index contributed by atoms with van der Waals surface area (Å²) in [4.78, 5) is 2.57. The average molecular weight is 440 g/mol. The number of rotatable bonds is 4. The molecule has 166 valence electrons. The first-order chi connectivity index (χ1) is 16.7. The minimum Gasteiger partial charge on any atom is -0.333 e. The van der Waals surface area contributed by atoms with Gasteiger partial charge in [0.05, 0.1) is 6.04 Å². The van der Waals surface area contributed by atoms with E-state index in [1.54, 1.807) is 0 Å². The Morgan fingerprint density at radius 2 is 1.29 bits per heavy atom. The van der Waals surface area contributed by atoms with Crippen LogP contribution < -0.4 is 4.90 Å². The van der Waals surface area contributed by atoms with Gasteiger partial charge in [0.2, 0.25) is 0 Å². The van der Waals surface area contributed by atoms with Crippen molar-refractivity contribution in [1.29, 1.82) is 0 Å². The number of anilines is 2. The second kappa shape index (κ2) is 8.18. The number of hydrogen-bond acceptors (Lipinski definition) is 1. The van der Waals surface area contributed by atoms with E-state index in [4.69, 9.17) is 0 Å². The quantitative estimate of drug-likeness (QED) is 0.308. The van der Waals surface area contributed by atoms with Gasteiger partial charge in [-0.15, -0.1) is 0 Å². The standard InChI is InChI=1S/C33H29N/c1-33(2)28-20-11-9-19-27(28)32-29(33)21-13-23-31(32)34(25-16-7-4-8-17-25)30-22-12-10-18-26(30)24-14-5-3-6-15-24/h3-22,31H,23H2,1-2H3. The van der Waals surface area contributed by atoms with Crippen molar-refractivity contribution in [2.45, 2.75) is 31.7 Å². The summed E-state index contributed by atoms with van der Waals surface area (Å²) in [6, 6.07) is 39.7. The van der Waals surface area contributed by atoms with Gasteiger partial charge in [0.25, 0.3) is 0 Å². The molecule has 0 aliphatic heterocycles. The molecular formula is C33H29N. The van der Waals surface area contributed by atoms with Crippen LogP contribution in [0.4, 0.5) is 11.4 Å². The zero-order chi connectivity index (χ0) is 23.1. The molecule has 0 fully saturated rings. The van der Waals surface area contributed by atoms with Crippen molar-refractivity contribution in [1.82, 2.24) is 0 Å². The summed E-state index contributed by atoms with van der Waals surface area (Å²) in [6.45, 7) is 4.73. The summed E-state index contributed by atoms with van der Waals surface area (Å²) in [5, 5.41) is 0. The lowest BCUT2D eigenvalue weighted by molar-refractivity contribution is 0.647. The van der Waals surface area contributed by atoms with E-state index >= 15 is 0 Å². The molecule has 1 nitrogen and oxygen atoms in total. The fourth-order valence-electron chi connectivity index (χ4n) is 5.84. The summed E-state index contributed by atoms with van der Waals surface area (Å²) in [5.74, 6) is 0. The molecule has 2 aliphatic rings. The Morgan fingerprint density at radius 1 is 0.676 bits per heavy atom. The van der Waals surface area contributed by atoms with E-state index in [0.29, 0.717) is 0 Å². The fourth-order valence-corrected chi connectivity index (χ4v) is 5.84. The fraction of sp³-hybridized carbons (Fsp3) is 0.152. The summed E-state index contributed by atoms with van der Waals surface area (Å²) in [5.41, 5.74) is 10.7. The molecule has 4 aromatic rings. The molecule has 0 bridgehead atoms. The van der Waals surface area contributed by atoms with Gasteiger partial charge in [0.1, 0.15) is 0 Å². The maximum atomic E-state index is 2.57. The molecule has 1 heteroatoms. The molecule has 0 heterocycles. The van der Waals surface area contributed by atoms with Crippen molar-refractivity contribution in [2.24, 2.45) is 0 Å². The van der Waals surface area contributed by atoms with Crippen LogP contribution in [-0.4, -0.2) is 6.04 Å². The minimum atomic E-state index is 0.00238. The molecule has 1 atom stereocenters. The van der Waals surface area contributed by atoms with E-state index in [9.17, 15) is 0 Å². The normalized spacial score (nSPS) is 17.9. The van der Waals surface area contributed by atoms with Gasteiger partial charge < -0.3 is 4.90 Å². The van der Waals surface area contributed by atoms with Crippen LogP contribution in [0.2, 0.25) is 0 Å². The molecule has 0 saturated carbocycles. The number of allylic oxidation sites excluding steroid dienone is 2. The molecule has 0 amide bonds. The number of para-hydroxylation sites is 2. The van der Waals surface area contributed by atoms with Gasteiger partial charge in [-0.3, -0.25) is 0 Å². The van der Waals surface area contributed by atoms with E-state index in [2.05, 4.69) is 140 Å². The van der Waals surface area contributed by atoms with E-state index in [1.165, 1.54) is 44.8 Å². The average Bonchev–Trinajstić information content (AvgIpc) is 3.13. The highest BCUT2D eigenvalue weighted by atomic mass is 15.2. The lowest BCUT2D eigenvalue weighted by atomic mass is 9.79. The highest BCUT2D eigenvalue weighted by Gasteiger charge is 2.42. The highest BCUT2D eigenvalue weighted by Crippen LogP contribution is 2.52. The highest BCUT2D eigenvalue weighted by molar-refractivity contribution is 5.92. The summed E-state index contributed by atoms with van der Waals surface area (Å²) in [6.07, 6.45) is 5.72. The predicted octanol–water partition coefficient (Wildman–Crippen LogP) is 8.57. The maximum absolute atomic E-state index is 2.57. The topological polar surface area (TPSA) is 3.24 Å². The third kappa shape index (κ3) is 3.23. The van der Waals surface area contributed by atoms with Gasteiger partial charge in [0, 0.05) is 22.4 Å². The van der Waals surface area contributed by atoms with Crippen LogP contribution in [-0.2, 0) is 5.41 Å². The van der Waals surface area contributed by atoms with Gasteiger partial charge >= 0.3 is 0 Å². The van der Waals surface area contributed by atoms with Gasteiger partial charge in [-0.2, -0.15) is 0 Å². The van der Waals surface area contributed by atoms with Crippen molar-refractivity contribution in [2.75, 3.05) is 4.90 Å². The first-order valence-electron chi connectivity index (χ1n) is 12.2. The molecule has 0 aromatic heterocycles. The third-order valence-electron chi connectivity index (χ3n) is 7.43. The second-order valence-corrected chi connectivity index (χ2v) is 9.74. The lowest BCUT2D eigenvalue weighted by Crippen LogP contribution is -2.34. The van der Waals surface area contributed by atoms with Crippen LogP contribution in [0, 0.1) is 0 Å². The van der Waals surface area contributed by atoms with Crippen molar-refractivity contribution in [3.8, 4) is 11.1 Å². The zero-order valence-electron chi connectivity index (χ0n) is 19.8. The monoisotopic (exact) mass is 439 g/mol. The Kier molecular flexibility index (Phi) is 4.99. The lowest BCUT2D eigenvalue weighted by Gasteiger charge is -2.38. The van der Waals surface area contributed by atoms with Crippen LogP contribution in [0.1, 0.15) is 31.4 Å². The molecule has 1 unspecified atom stereocenters. The number of nitrogens with zero attached hydrogens (tertiary/aromatic N) is 1. The van der Waals surface area contributed by atoms with Gasteiger partial charge in [-0.05, 0) is 52.5 Å². The molecule has 6 rings (SSSR count). The van der Waals surface area contributed by atoms with Crippen LogP contribution in [0.15, 0.2) is 127 Å². The van der Waals surface area contributed by atoms with Crippen LogP contribution in [0.25, 0.3) is 16.7 Å². The van der Waals surface area contributed by atoms with Crippen molar-refractivity contribution in [3.63, 3.8) is 0 Å². The predicted molar refractivity (Wildman–Crippen MR) is 144 cm³/mol. The van der Waals surface area contributed by atoms with E-state index in [1.807, 2.05) is 0 Å². The first kappa shape index (κ1) is 20.7. The molecule has 0 radical (unpaired) electrons. The van der Waals surface area contributed by atoms with Crippen molar-refractivity contribution < 1.29 is 0 Å². The zero-order valence-corrected chi connectivity index (χ0v) is 19.8. The summed E-state index contributed by atoms with van der Waals surface area (Å²) >= 11 is 0. The molecule has 4 aromatic carbocycles. The Hall–Kier alpha value is -3.84. The van der Waals surface area contributed by atoms with Gasteiger partial charge in [-0.1, -0.05) is 117 Å².